The van der Waals surface area contributed by atoms with Gasteiger partial charge in [-0.1, -0.05) is 24.3 Å². The van der Waals surface area contributed by atoms with E-state index in [1.165, 1.54) is 12.1 Å². The summed E-state index contributed by atoms with van der Waals surface area (Å²) in [5.74, 6) is 0.808. The highest BCUT2D eigenvalue weighted by Gasteiger charge is 2.27. The number of halogens is 5. The van der Waals surface area contributed by atoms with E-state index in [1.54, 1.807) is 18.3 Å². The second-order valence-corrected chi connectivity index (χ2v) is 5.29. The van der Waals surface area contributed by atoms with Crippen molar-refractivity contribution in [3.05, 3.63) is 42.2 Å². The maximum absolute atomic E-state index is 12.4. The summed E-state index contributed by atoms with van der Waals surface area (Å²) in [6.07, 6.45) is -0.368. The van der Waals surface area contributed by atoms with Gasteiger partial charge in [0.2, 0.25) is 0 Å². The SMILES string of the molecule is Cl.Cl.FC(F)(F)Cc1ccc(-c2nccn2[C@H]2CCNC2)cc1. The van der Waals surface area contributed by atoms with Crippen molar-refractivity contribution in [1.29, 1.82) is 0 Å². The lowest BCUT2D eigenvalue weighted by Gasteiger charge is -2.14. The van der Waals surface area contributed by atoms with Gasteiger partial charge >= 0.3 is 6.18 Å². The van der Waals surface area contributed by atoms with E-state index in [0.717, 1.165) is 30.9 Å². The Balaban J connectivity index is 0.00000132. The molecule has 1 aliphatic heterocycles. The molecule has 1 aromatic heterocycles. The first-order valence-corrected chi connectivity index (χ1v) is 6.92. The summed E-state index contributed by atoms with van der Waals surface area (Å²) in [7, 11) is 0. The molecule has 1 N–H and O–H groups in total. The first-order valence-electron chi connectivity index (χ1n) is 6.92. The van der Waals surface area contributed by atoms with Gasteiger partial charge in [-0.15, -0.1) is 24.8 Å². The minimum Gasteiger partial charge on any atom is -0.327 e. The predicted molar refractivity (Wildman–Crippen MR) is 88.4 cm³/mol. The third-order valence-corrected chi connectivity index (χ3v) is 3.71. The molecule has 0 amide bonds. The Kier molecular flexibility index (Phi) is 6.92. The third kappa shape index (κ3) is 4.86. The van der Waals surface area contributed by atoms with Crippen molar-refractivity contribution in [1.82, 2.24) is 14.9 Å². The lowest BCUT2D eigenvalue weighted by atomic mass is 10.1. The van der Waals surface area contributed by atoms with Crippen LogP contribution in [0.25, 0.3) is 11.4 Å². The van der Waals surface area contributed by atoms with E-state index in [9.17, 15) is 13.2 Å². The normalized spacial score (nSPS) is 17.4. The number of nitrogens with one attached hydrogen (secondary N) is 1. The predicted octanol–water partition coefficient (Wildman–Crippen LogP) is 4.03. The molecule has 1 aromatic carbocycles. The highest BCUT2D eigenvalue weighted by Crippen LogP contribution is 2.26. The second-order valence-electron chi connectivity index (χ2n) is 5.29. The summed E-state index contributed by atoms with van der Waals surface area (Å²) in [6.45, 7) is 1.88. The smallest absolute Gasteiger partial charge is 0.327 e. The Hall–Kier alpha value is -1.24. The topological polar surface area (TPSA) is 29.9 Å². The van der Waals surface area contributed by atoms with Crippen molar-refractivity contribution in [3.63, 3.8) is 0 Å². The quantitative estimate of drug-likeness (QED) is 0.887. The number of hydrogen-bond donors (Lipinski definition) is 1. The molecule has 23 heavy (non-hydrogen) atoms. The molecule has 0 saturated carbocycles. The molecule has 8 heteroatoms. The largest absolute Gasteiger partial charge is 0.393 e. The van der Waals surface area contributed by atoms with Crippen LogP contribution in [0.1, 0.15) is 18.0 Å². The molecule has 0 unspecified atom stereocenters. The van der Waals surface area contributed by atoms with Crippen LogP contribution in [0.15, 0.2) is 36.7 Å². The van der Waals surface area contributed by atoms with E-state index >= 15 is 0 Å². The molecule has 1 atom stereocenters. The van der Waals surface area contributed by atoms with Crippen LogP contribution >= 0.6 is 24.8 Å². The van der Waals surface area contributed by atoms with Crippen molar-refractivity contribution >= 4 is 24.8 Å². The van der Waals surface area contributed by atoms with E-state index in [2.05, 4.69) is 14.9 Å². The Morgan fingerprint density at radius 3 is 2.43 bits per heavy atom. The van der Waals surface area contributed by atoms with Gasteiger partial charge in [-0.25, -0.2) is 4.98 Å². The Morgan fingerprint density at radius 2 is 1.87 bits per heavy atom. The minimum atomic E-state index is -4.17. The summed E-state index contributed by atoms with van der Waals surface area (Å²) in [5, 5.41) is 3.30. The van der Waals surface area contributed by atoms with Crippen LogP contribution in [-0.2, 0) is 6.42 Å². The van der Waals surface area contributed by atoms with E-state index in [-0.39, 0.29) is 30.4 Å². The number of benzene rings is 1. The molecular formula is C15H18Cl2F3N3. The molecule has 2 aromatic rings. The van der Waals surface area contributed by atoms with Crippen molar-refractivity contribution in [3.8, 4) is 11.4 Å². The minimum absolute atomic E-state index is 0. The summed E-state index contributed by atoms with van der Waals surface area (Å²) in [4.78, 5) is 4.35. The van der Waals surface area contributed by atoms with E-state index in [4.69, 9.17) is 0 Å². The Bertz CT molecular complexity index is 605. The zero-order valence-corrected chi connectivity index (χ0v) is 13.8. The summed E-state index contributed by atoms with van der Waals surface area (Å²) in [5.41, 5.74) is 1.12. The van der Waals surface area contributed by atoms with Crippen molar-refractivity contribution in [2.45, 2.75) is 25.1 Å². The molecule has 1 saturated heterocycles. The van der Waals surface area contributed by atoms with Crippen LogP contribution in [0.2, 0.25) is 0 Å². The van der Waals surface area contributed by atoms with Gasteiger partial charge in [0, 0.05) is 30.5 Å². The molecule has 2 heterocycles. The zero-order valence-electron chi connectivity index (χ0n) is 12.2. The van der Waals surface area contributed by atoms with Crippen LogP contribution in [0.5, 0.6) is 0 Å². The zero-order chi connectivity index (χ0) is 14.9. The molecule has 128 valence electrons. The van der Waals surface area contributed by atoms with Crippen molar-refractivity contribution < 1.29 is 13.2 Å². The van der Waals surface area contributed by atoms with Crippen LogP contribution in [0.3, 0.4) is 0 Å². The summed E-state index contributed by atoms with van der Waals surface area (Å²) < 4.78 is 39.2. The molecule has 0 bridgehead atoms. The maximum atomic E-state index is 12.4. The van der Waals surface area contributed by atoms with Gasteiger partial charge in [-0.05, 0) is 18.5 Å². The lowest BCUT2D eigenvalue weighted by Crippen LogP contribution is -2.13. The Morgan fingerprint density at radius 1 is 1.17 bits per heavy atom. The van der Waals surface area contributed by atoms with E-state index < -0.39 is 12.6 Å². The molecule has 0 aliphatic carbocycles. The fraction of sp³-hybridized carbons (Fsp3) is 0.400. The number of alkyl halides is 3. The van der Waals surface area contributed by atoms with E-state index in [1.807, 2.05) is 6.20 Å². The van der Waals surface area contributed by atoms with Gasteiger partial charge in [0.25, 0.3) is 0 Å². The molecule has 3 nitrogen and oxygen atoms in total. The number of hydrogen-bond acceptors (Lipinski definition) is 2. The van der Waals surface area contributed by atoms with Gasteiger partial charge < -0.3 is 9.88 Å². The van der Waals surface area contributed by atoms with Crippen LogP contribution < -0.4 is 5.32 Å². The average molecular weight is 368 g/mol. The van der Waals surface area contributed by atoms with Crippen molar-refractivity contribution in [2.24, 2.45) is 0 Å². The van der Waals surface area contributed by atoms with Crippen LogP contribution in [-0.4, -0.2) is 28.8 Å². The third-order valence-electron chi connectivity index (χ3n) is 3.71. The van der Waals surface area contributed by atoms with Gasteiger partial charge in [0.1, 0.15) is 5.82 Å². The fourth-order valence-electron chi connectivity index (χ4n) is 2.71. The Labute approximate surface area is 145 Å². The molecule has 0 radical (unpaired) electrons. The molecule has 0 spiro atoms. The number of aromatic nitrogens is 2. The number of nitrogens with zero attached hydrogens (tertiary/aromatic N) is 2. The first kappa shape index (κ1) is 19.8. The highest BCUT2D eigenvalue weighted by molar-refractivity contribution is 5.85. The van der Waals surface area contributed by atoms with Gasteiger partial charge in [0.15, 0.2) is 0 Å². The van der Waals surface area contributed by atoms with Crippen molar-refractivity contribution in [2.75, 3.05) is 13.1 Å². The monoisotopic (exact) mass is 367 g/mol. The standard InChI is InChI=1S/C15H16F3N3.2ClH/c16-15(17,18)9-11-1-3-12(4-2-11)14-20-7-8-21(14)13-5-6-19-10-13;;/h1-4,7-8,13,19H,5-6,9-10H2;2*1H/t13-;;/m0../s1. The maximum Gasteiger partial charge on any atom is 0.393 e. The van der Waals surface area contributed by atoms with Gasteiger partial charge in [0.05, 0.1) is 6.42 Å². The molecular weight excluding hydrogens is 350 g/mol. The molecule has 1 aliphatic rings. The van der Waals surface area contributed by atoms with Gasteiger partial charge in [-0.3, -0.25) is 0 Å². The number of rotatable bonds is 3. The average Bonchev–Trinajstić information content (AvgIpc) is 3.08. The number of imidazole rings is 1. The summed E-state index contributed by atoms with van der Waals surface area (Å²) in [6, 6.07) is 6.82. The van der Waals surface area contributed by atoms with Crippen LogP contribution in [0, 0.1) is 0 Å². The fourth-order valence-corrected chi connectivity index (χ4v) is 2.71. The molecule has 3 rings (SSSR count). The summed E-state index contributed by atoms with van der Waals surface area (Å²) >= 11 is 0. The molecule has 1 fully saturated rings. The highest BCUT2D eigenvalue weighted by atomic mass is 35.5. The lowest BCUT2D eigenvalue weighted by molar-refractivity contribution is -0.127. The van der Waals surface area contributed by atoms with Crippen LogP contribution in [0.4, 0.5) is 13.2 Å². The van der Waals surface area contributed by atoms with Gasteiger partial charge in [-0.2, -0.15) is 13.2 Å². The first-order chi connectivity index (χ1) is 10.0. The second kappa shape index (κ2) is 8.04. The van der Waals surface area contributed by atoms with E-state index in [0.29, 0.717) is 6.04 Å².